The third-order valence-corrected chi connectivity index (χ3v) is 7.90. The zero-order chi connectivity index (χ0) is 33.8. The molecule has 0 saturated heterocycles. The SMILES string of the molecule is C=C.C=C.CCCCCC.CCCCCCCc1cc(CC)c2c(n1)NCCC2.CCCc1c(F)cc(C(C)C)cc1CC. The Morgan fingerprint density at radius 2 is 1.30 bits per heavy atom. The minimum absolute atomic E-state index is 0.0140. The van der Waals surface area contributed by atoms with Gasteiger partial charge in [-0.25, -0.2) is 9.37 Å². The van der Waals surface area contributed by atoms with Crippen molar-refractivity contribution >= 4 is 5.82 Å². The number of aryl methyl sites for hydroxylation is 3. The fraction of sp³-hybridized carbons (Fsp3) is 0.634. The Labute approximate surface area is 274 Å². The molecule has 252 valence electrons. The summed E-state index contributed by atoms with van der Waals surface area (Å²) < 4.78 is 13.8. The van der Waals surface area contributed by atoms with Gasteiger partial charge in [-0.05, 0) is 90.8 Å². The van der Waals surface area contributed by atoms with Gasteiger partial charge in [0, 0.05) is 12.2 Å². The molecular formula is C41H71FN2. The number of fused-ring (bicyclic) bond motifs is 1. The quantitative estimate of drug-likeness (QED) is 0.170. The topological polar surface area (TPSA) is 24.9 Å². The van der Waals surface area contributed by atoms with Crippen LogP contribution in [0.25, 0.3) is 0 Å². The highest BCUT2D eigenvalue weighted by atomic mass is 19.1. The van der Waals surface area contributed by atoms with Crippen molar-refractivity contribution in [2.24, 2.45) is 0 Å². The van der Waals surface area contributed by atoms with Crippen molar-refractivity contribution in [3.63, 3.8) is 0 Å². The lowest BCUT2D eigenvalue weighted by molar-refractivity contribution is 0.599. The van der Waals surface area contributed by atoms with Gasteiger partial charge in [-0.2, -0.15) is 0 Å². The number of anilines is 1. The molecule has 0 spiro atoms. The lowest BCUT2D eigenvalue weighted by Crippen LogP contribution is -2.16. The second-order valence-electron chi connectivity index (χ2n) is 11.8. The maximum Gasteiger partial charge on any atom is 0.129 e. The molecule has 3 rings (SSSR count). The molecule has 44 heavy (non-hydrogen) atoms. The molecular weight excluding hydrogens is 539 g/mol. The molecule has 0 unspecified atom stereocenters. The minimum Gasteiger partial charge on any atom is -0.370 e. The Hall–Kier alpha value is -2.42. The third kappa shape index (κ3) is 17.8. The zero-order valence-electron chi connectivity index (χ0n) is 30.5. The van der Waals surface area contributed by atoms with Crippen LogP contribution in [0.1, 0.15) is 165 Å². The van der Waals surface area contributed by atoms with Gasteiger partial charge in [-0.3, -0.25) is 0 Å². The van der Waals surface area contributed by atoms with Crippen molar-refractivity contribution < 1.29 is 4.39 Å². The molecule has 1 N–H and O–H groups in total. The average Bonchev–Trinajstić information content (AvgIpc) is 3.06. The Bertz CT molecular complexity index is 942. The van der Waals surface area contributed by atoms with Crippen molar-refractivity contribution in [2.45, 2.75) is 164 Å². The summed E-state index contributed by atoms with van der Waals surface area (Å²) in [7, 11) is 0. The van der Waals surface area contributed by atoms with Crippen LogP contribution in [0.2, 0.25) is 0 Å². The van der Waals surface area contributed by atoms with E-state index in [1.807, 2.05) is 0 Å². The lowest BCUT2D eigenvalue weighted by atomic mass is 9.93. The number of unbranched alkanes of at least 4 members (excludes halogenated alkanes) is 7. The van der Waals surface area contributed by atoms with E-state index in [1.54, 1.807) is 6.07 Å². The molecule has 0 bridgehead atoms. The van der Waals surface area contributed by atoms with Crippen molar-refractivity contribution in [3.8, 4) is 0 Å². The van der Waals surface area contributed by atoms with Crippen LogP contribution in [0.15, 0.2) is 44.5 Å². The van der Waals surface area contributed by atoms with Gasteiger partial charge in [0.2, 0.25) is 0 Å². The smallest absolute Gasteiger partial charge is 0.129 e. The standard InChI is InChI=1S/C17H28N2.C14H21F.C6H14.2C2H4/c1-3-5-6-7-8-10-15-13-14(4-2)16-11-9-12-18-17(16)19-15;1-5-7-13-11(6-2)8-12(10(3)4)9-14(13)15;1-3-5-6-4-2;2*1-2/h13H,3-12H2,1-2H3,(H,18,19);8-10H,5-7H2,1-4H3;3-6H2,1-2H3;2*1-2H2. The number of benzene rings is 1. The first kappa shape index (κ1) is 43.7. The summed E-state index contributed by atoms with van der Waals surface area (Å²) in [6.07, 6.45) is 19.8. The molecule has 0 aliphatic carbocycles. The van der Waals surface area contributed by atoms with Gasteiger partial charge in [0.05, 0.1) is 0 Å². The molecule has 2 aromatic rings. The third-order valence-electron chi connectivity index (χ3n) is 7.90. The van der Waals surface area contributed by atoms with Crippen LogP contribution >= 0.6 is 0 Å². The number of nitrogens with one attached hydrogen (secondary N) is 1. The molecule has 0 radical (unpaired) electrons. The van der Waals surface area contributed by atoms with Gasteiger partial charge < -0.3 is 5.32 Å². The molecule has 1 aliphatic rings. The summed E-state index contributed by atoms with van der Waals surface area (Å²) in [6.45, 7) is 30.5. The van der Waals surface area contributed by atoms with E-state index in [0.29, 0.717) is 5.92 Å². The summed E-state index contributed by atoms with van der Waals surface area (Å²) >= 11 is 0. The van der Waals surface area contributed by atoms with Crippen molar-refractivity contribution in [2.75, 3.05) is 11.9 Å². The van der Waals surface area contributed by atoms with E-state index in [4.69, 9.17) is 4.98 Å². The van der Waals surface area contributed by atoms with E-state index in [2.05, 4.69) is 99.2 Å². The highest BCUT2D eigenvalue weighted by Gasteiger charge is 2.15. The highest BCUT2D eigenvalue weighted by Crippen LogP contribution is 2.26. The molecule has 0 fully saturated rings. The van der Waals surface area contributed by atoms with Gasteiger partial charge in [-0.1, -0.05) is 119 Å². The van der Waals surface area contributed by atoms with Gasteiger partial charge in [0.25, 0.3) is 0 Å². The summed E-state index contributed by atoms with van der Waals surface area (Å²) in [4.78, 5) is 4.83. The predicted octanol–water partition coefficient (Wildman–Crippen LogP) is 13.2. The van der Waals surface area contributed by atoms with Crippen LogP contribution in [-0.2, 0) is 32.1 Å². The fourth-order valence-electron chi connectivity index (χ4n) is 5.33. The Morgan fingerprint density at radius 1 is 0.727 bits per heavy atom. The van der Waals surface area contributed by atoms with Crippen LogP contribution in [0.4, 0.5) is 10.2 Å². The Morgan fingerprint density at radius 3 is 1.82 bits per heavy atom. The Kier molecular flexibility index (Phi) is 29.1. The maximum absolute atomic E-state index is 13.8. The van der Waals surface area contributed by atoms with Gasteiger partial charge in [0.15, 0.2) is 0 Å². The molecule has 0 saturated carbocycles. The second kappa shape index (κ2) is 29.3. The molecule has 0 atom stereocenters. The van der Waals surface area contributed by atoms with Crippen molar-refractivity contribution in [3.05, 3.63) is 83.8 Å². The fourth-order valence-corrected chi connectivity index (χ4v) is 5.33. The Balaban J connectivity index is 0. The van der Waals surface area contributed by atoms with Crippen LogP contribution < -0.4 is 5.32 Å². The van der Waals surface area contributed by atoms with Gasteiger partial charge >= 0.3 is 0 Å². The van der Waals surface area contributed by atoms with E-state index in [9.17, 15) is 4.39 Å². The van der Waals surface area contributed by atoms with Crippen LogP contribution in [0, 0.1) is 5.82 Å². The molecule has 3 heteroatoms. The summed E-state index contributed by atoms with van der Waals surface area (Å²) in [5.41, 5.74) is 7.50. The molecule has 2 nitrogen and oxygen atoms in total. The predicted molar refractivity (Wildman–Crippen MR) is 199 cm³/mol. The monoisotopic (exact) mass is 611 g/mol. The number of hydrogen-bond donors (Lipinski definition) is 1. The largest absolute Gasteiger partial charge is 0.370 e. The van der Waals surface area contributed by atoms with E-state index in [0.717, 1.165) is 49.8 Å². The van der Waals surface area contributed by atoms with Crippen LogP contribution in [0.5, 0.6) is 0 Å². The minimum atomic E-state index is -0.0140. The normalized spacial score (nSPS) is 11.2. The molecule has 2 heterocycles. The number of rotatable bonds is 14. The number of aromatic nitrogens is 1. The summed E-state index contributed by atoms with van der Waals surface area (Å²) in [6, 6.07) is 6.22. The first-order valence-corrected chi connectivity index (χ1v) is 17.9. The lowest BCUT2D eigenvalue weighted by Gasteiger charge is -2.21. The maximum atomic E-state index is 13.8. The first-order valence-electron chi connectivity index (χ1n) is 17.9. The van der Waals surface area contributed by atoms with Gasteiger partial charge in [-0.15, -0.1) is 26.3 Å². The number of pyridine rings is 1. The van der Waals surface area contributed by atoms with Crippen LogP contribution in [0.3, 0.4) is 0 Å². The van der Waals surface area contributed by atoms with Gasteiger partial charge in [0.1, 0.15) is 11.6 Å². The second-order valence-corrected chi connectivity index (χ2v) is 11.8. The molecule has 1 aromatic carbocycles. The summed E-state index contributed by atoms with van der Waals surface area (Å²) in [5, 5.41) is 3.48. The number of nitrogens with zero attached hydrogens (tertiary/aromatic N) is 1. The van der Waals surface area contributed by atoms with Crippen LogP contribution in [-0.4, -0.2) is 11.5 Å². The van der Waals surface area contributed by atoms with E-state index < -0.39 is 0 Å². The van der Waals surface area contributed by atoms with E-state index in [1.165, 1.54) is 98.8 Å². The van der Waals surface area contributed by atoms with Crippen molar-refractivity contribution in [1.29, 1.82) is 0 Å². The van der Waals surface area contributed by atoms with Crippen molar-refractivity contribution in [1.82, 2.24) is 4.98 Å². The molecule has 0 amide bonds. The zero-order valence-corrected chi connectivity index (χ0v) is 30.5. The number of hydrogen-bond acceptors (Lipinski definition) is 2. The number of halogens is 1. The highest BCUT2D eigenvalue weighted by molar-refractivity contribution is 5.51. The summed E-state index contributed by atoms with van der Waals surface area (Å²) in [5.74, 6) is 1.56. The first-order chi connectivity index (χ1) is 21.4. The van der Waals surface area contributed by atoms with E-state index >= 15 is 0 Å². The average molecular weight is 611 g/mol. The molecule has 1 aromatic heterocycles. The molecule has 1 aliphatic heterocycles. The van der Waals surface area contributed by atoms with E-state index in [-0.39, 0.29) is 5.82 Å².